The number of hydrogen-bond acceptors (Lipinski definition) is 3. The van der Waals surface area contributed by atoms with E-state index in [4.69, 9.17) is 16.6 Å². The zero-order chi connectivity index (χ0) is 10.7. The Morgan fingerprint density at radius 3 is 2.57 bits per heavy atom. The minimum Gasteiger partial charge on any atom is -0.481 e. The predicted molar refractivity (Wildman–Crippen MR) is 51.2 cm³/mol. The van der Waals surface area contributed by atoms with Crippen LogP contribution in [0.1, 0.15) is 12.0 Å². The maximum Gasteiger partial charge on any atom is 0.303 e. The van der Waals surface area contributed by atoms with E-state index in [-0.39, 0.29) is 24.2 Å². The van der Waals surface area contributed by atoms with Gasteiger partial charge in [0.2, 0.25) is 0 Å². The predicted octanol–water partition coefficient (Wildman–Crippen LogP) is 1.01. The van der Waals surface area contributed by atoms with E-state index in [1.165, 1.54) is 12.1 Å². The van der Waals surface area contributed by atoms with Crippen molar-refractivity contribution < 1.29 is 14.3 Å². The summed E-state index contributed by atoms with van der Waals surface area (Å²) in [6.45, 7) is 0. The molecule has 0 aromatic heterocycles. The molecule has 0 aliphatic heterocycles. The number of anilines is 2. The molecule has 0 aliphatic rings. The fourth-order valence-electron chi connectivity index (χ4n) is 1.09. The molecule has 0 radical (unpaired) electrons. The highest BCUT2D eigenvalue weighted by atomic mass is 19.1. The van der Waals surface area contributed by atoms with E-state index in [1.54, 1.807) is 0 Å². The van der Waals surface area contributed by atoms with Crippen LogP contribution in [0.5, 0.6) is 0 Å². The van der Waals surface area contributed by atoms with Crippen LogP contribution < -0.4 is 11.5 Å². The number of halogens is 1. The van der Waals surface area contributed by atoms with Crippen molar-refractivity contribution in [2.75, 3.05) is 11.5 Å². The van der Waals surface area contributed by atoms with Gasteiger partial charge in [-0.3, -0.25) is 4.79 Å². The average molecular weight is 198 g/mol. The normalized spacial score (nSPS) is 10.1. The number of carbonyl (C=O) groups is 1. The quantitative estimate of drug-likeness (QED) is 0.632. The fraction of sp³-hybridized carbons (Fsp3) is 0.222. The van der Waals surface area contributed by atoms with Gasteiger partial charge in [0.1, 0.15) is 5.82 Å². The number of aliphatic carboxylic acids is 1. The molecule has 0 unspecified atom stereocenters. The van der Waals surface area contributed by atoms with Crippen molar-refractivity contribution in [2.24, 2.45) is 0 Å². The second kappa shape index (κ2) is 3.95. The molecule has 0 bridgehead atoms. The third-order valence-corrected chi connectivity index (χ3v) is 1.85. The number of carboxylic acids is 1. The summed E-state index contributed by atoms with van der Waals surface area (Å²) in [7, 11) is 0. The molecule has 1 aromatic carbocycles. The molecule has 0 atom stereocenters. The fourth-order valence-corrected chi connectivity index (χ4v) is 1.09. The number of carboxylic acid groups (broad SMARTS) is 1. The van der Waals surface area contributed by atoms with E-state index in [0.29, 0.717) is 5.56 Å². The van der Waals surface area contributed by atoms with Gasteiger partial charge in [-0.25, -0.2) is 4.39 Å². The van der Waals surface area contributed by atoms with E-state index >= 15 is 0 Å². The number of hydrogen-bond donors (Lipinski definition) is 3. The zero-order valence-electron chi connectivity index (χ0n) is 7.46. The number of benzene rings is 1. The maximum atomic E-state index is 13.0. The Bertz CT molecular complexity index is 343. The Hall–Kier alpha value is -1.78. The summed E-state index contributed by atoms with van der Waals surface area (Å²) in [5.74, 6) is -1.54. The Kier molecular flexibility index (Phi) is 2.91. The minimum absolute atomic E-state index is 0.0528. The first-order chi connectivity index (χ1) is 6.50. The molecule has 0 amide bonds. The lowest BCUT2D eigenvalue weighted by Crippen LogP contribution is -2.02. The number of rotatable bonds is 3. The van der Waals surface area contributed by atoms with Gasteiger partial charge in [0, 0.05) is 6.42 Å². The van der Waals surface area contributed by atoms with Gasteiger partial charge in [-0.05, 0) is 24.1 Å². The second-order valence-corrected chi connectivity index (χ2v) is 2.97. The van der Waals surface area contributed by atoms with E-state index in [0.717, 1.165) is 0 Å². The third kappa shape index (κ3) is 2.35. The summed E-state index contributed by atoms with van der Waals surface area (Å²) in [4.78, 5) is 10.3. The highest BCUT2D eigenvalue weighted by Gasteiger charge is 2.06. The first-order valence-electron chi connectivity index (χ1n) is 4.06. The van der Waals surface area contributed by atoms with Crippen molar-refractivity contribution in [1.29, 1.82) is 0 Å². The monoisotopic (exact) mass is 198 g/mol. The summed E-state index contributed by atoms with van der Waals surface area (Å²) in [6.07, 6.45) is 0.194. The smallest absolute Gasteiger partial charge is 0.303 e. The van der Waals surface area contributed by atoms with Crippen molar-refractivity contribution in [3.63, 3.8) is 0 Å². The van der Waals surface area contributed by atoms with Crippen LogP contribution in [0.3, 0.4) is 0 Å². The average Bonchev–Trinajstić information content (AvgIpc) is 2.10. The molecule has 0 fully saturated rings. The highest BCUT2D eigenvalue weighted by molar-refractivity contribution is 5.68. The Balaban J connectivity index is 2.84. The van der Waals surface area contributed by atoms with Gasteiger partial charge in [-0.1, -0.05) is 0 Å². The third-order valence-electron chi connectivity index (χ3n) is 1.85. The van der Waals surface area contributed by atoms with Crippen LogP contribution in [0.15, 0.2) is 12.1 Å². The van der Waals surface area contributed by atoms with Crippen LogP contribution in [0, 0.1) is 5.82 Å². The van der Waals surface area contributed by atoms with Crippen molar-refractivity contribution in [1.82, 2.24) is 0 Å². The molecule has 14 heavy (non-hydrogen) atoms. The summed E-state index contributed by atoms with van der Waals surface area (Å²) in [5.41, 5.74) is 11.3. The Labute approximate surface area is 80.3 Å². The first kappa shape index (κ1) is 10.3. The van der Waals surface area contributed by atoms with Crippen molar-refractivity contribution in [3.8, 4) is 0 Å². The van der Waals surface area contributed by atoms with Crippen molar-refractivity contribution >= 4 is 17.3 Å². The van der Waals surface area contributed by atoms with E-state index in [2.05, 4.69) is 0 Å². The molecular weight excluding hydrogens is 187 g/mol. The molecule has 0 spiro atoms. The van der Waals surface area contributed by atoms with E-state index in [1.807, 2.05) is 0 Å². The minimum atomic E-state index is -0.930. The van der Waals surface area contributed by atoms with Gasteiger partial charge >= 0.3 is 5.97 Å². The molecule has 76 valence electrons. The molecule has 5 heteroatoms. The van der Waals surface area contributed by atoms with Crippen molar-refractivity contribution in [3.05, 3.63) is 23.5 Å². The number of nitrogens with two attached hydrogens (primary N) is 2. The van der Waals surface area contributed by atoms with Gasteiger partial charge in [0.25, 0.3) is 0 Å². The number of aryl methyl sites for hydroxylation is 1. The molecule has 0 heterocycles. The topological polar surface area (TPSA) is 89.3 Å². The molecule has 1 aromatic rings. The van der Waals surface area contributed by atoms with Crippen LogP contribution in [0.2, 0.25) is 0 Å². The van der Waals surface area contributed by atoms with E-state index in [9.17, 15) is 9.18 Å². The lowest BCUT2D eigenvalue weighted by atomic mass is 10.1. The van der Waals surface area contributed by atoms with E-state index < -0.39 is 11.8 Å². The van der Waals surface area contributed by atoms with Crippen LogP contribution in [0.4, 0.5) is 15.8 Å². The van der Waals surface area contributed by atoms with Gasteiger partial charge in [0.15, 0.2) is 0 Å². The van der Waals surface area contributed by atoms with Crippen LogP contribution in [-0.2, 0) is 11.2 Å². The van der Waals surface area contributed by atoms with Gasteiger partial charge in [-0.2, -0.15) is 0 Å². The van der Waals surface area contributed by atoms with Crippen LogP contribution in [-0.4, -0.2) is 11.1 Å². The molecule has 0 saturated heterocycles. The molecule has 1 rings (SSSR count). The Morgan fingerprint density at radius 1 is 1.43 bits per heavy atom. The number of nitrogen functional groups attached to an aromatic ring is 2. The van der Waals surface area contributed by atoms with Gasteiger partial charge in [-0.15, -0.1) is 0 Å². The van der Waals surface area contributed by atoms with Gasteiger partial charge < -0.3 is 16.6 Å². The van der Waals surface area contributed by atoms with Crippen LogP contribution in [0.25, 0.3) is 0 Å². The lowest BCUT2D eigenvalue weighted by molar-refractivity contribution is -0.136. The van der Waals surface area contributed by atoms with Crippen molar-refractivity contribution in [2.45, 2.75) is 12.8 Å². The summed E-state index contributed by atoms with van der Waals surface area (Å²) in [6, 6.07) is 2.69. The zero-order valence-corrected chi connectivity index (χ0v) is 7.46. The summed E-state index contributed by atoms with van der Waals surface area (Å²) >= 11 is 0. The first-order valence-corrected chi connectivity index (χ1v) is 4.06. The molecule has 0 aliphatic carbocycles. The van der Waals surface area contributed by atoms with Gasteiger partial charge in [0.05, 0.1) is 11.4 Å². The van der Waals surface area contributed by atoms with Crippen LogP contribution >= 0.6 is 0 Å². The standard InChI is InChI=1S/C9H11FN2O2/c10-6-3-5(1-2-8(13)14)4-7(11)9(6)12/h3-4H,1-2,11-12H2,(H,13,14). The largest absolute Gasteiger partial charge is 0.481 e. The Morgan fingerprint density at radius 2 is 2.07 bits per heavy atom. The molecule has 4 nitrogen and oxygen atoms in total. The molecule has 0 saturated carbocycles. The molecule has 5 N–H and O–H groups in total. The maximum absolute atomic E-state index is 13.0. The summed E-state index contributed by atoms with van der Waals surface area (Å²) in [5, 5.41) is 8.42. The lowest BCUT2D eigenvalue weighted by Gasteiger charge is -2.05. The summed E-state index contributed by atoms with van der Waals surface area (Å²) < 4.78 is 13.0. The SMILES string of the molecule is Nc1cc(CCC(=O)O)cc(F)c1N. The highest BCUT2D eigenvalue weighted by Crippen LogP contribution is 2.21. The molecular formula is C9H11FN2O2. The second-order valence-electron chi connectivity index (χ2n) is 2.97.